The van der Waals surface area contributed by atoms with E-state index in [9.17, 15) is 4.79 Å². The highest BCUT2D eigenvalue weighted by atomic mass is 28.4. The number of rotatable bonds is 8. The highest BCUT2D eigenvalue weighted by molar-refractivity contribution is 6.74. The molecule has 2 aromatic heterocycles. The van der Waals surface area contributed by atoms with Gasteiger partial charge in [-0.2, -0.15) is 4.98 Å². The Kier molecular flexibility index (Phi) is 8.65. The Balaban J connectivity index is 1.48. The van der Waals surface area contributed by atoms with Crippen molar-refractivity contribution in [1.82, 2.24) is 19.5 Å². The third kappa shape index (κ3) is 6.11. The molecule has 1 aliphatic carbocycles. The molecule has 2 N–H and O–H groups in total. The summed E-state index contributed by atoms with van der Waals surface area (Å²) in [5.74, 6) is 2.66. The van der Waals surface area contributed by atoms with Crippen molar-refractivity contribution in [2.75, 3.05) is 18.5 Å². The monoisotopic (exact) mass is 589 g/mol. The normalized spacial score (nSPS) is 30.0. The third-order valence-corrected chi connectivity index (χ3v) is 13.6. The lowest BCUT2D eigenvalue weighted by molar-refractivity contribution is -0.211. The van der Waals surface area contributed by atoms with Gasteiger partial charge in [-0.25, -0.2) is 9.37 Å². The Morgan fingerprint density at radius 2 is 1.98 bits per heavy atom. The van der Waals surface area contributed by atoms with Crippen LogP contribution in [0.3, 0.4) is 0 Å². The van der Waals surface area contributed by atoms with Crippen molar-refractivity contribution in [3.63, 3.8) is 0 Å². The lowest BCUT2D eigenvalue weighted by Gasteiger charge is -2.37. The predicted molar refractivity (Wildman–Crippen MR) is 157 cm³/mol. The number of imidazole rings is 1. The lowest BCUT2D eigenvalue weighted by atomic mass is 9.96. The summed E-state index contributed by atoms with van der Waals surface area (Å²) in [5.41, 5.74) is -2.56. The van der Waals surface area contributed by atoms with E-state index in [0.29, 0.717) is 19.0 Å². The molecule has 0 bridgehead atoms. The molecular formula is C29H44FN5O5Si. The molecule has 0 spiro atoms. The maximum absolute atomic E-state index is 17.1. The molecule has 226 valence electrons. The smallest absolute Gasteiger partial charge is 0.280 e. The van der Waals surface area contributed by atoms with Crippen LogP contribution in [-0.2, 0) is 18.6 Å². The van der Waals surface area contributed by atoms with Crippen LogP contribution in [0.4, 0.5) is 10.3 Å². The van der Waals surface area contributed by atoms with Crippen LogP contribution in [0.1, 0.15) is 78.4 Å². The molecule has 1 saturated carbocycles. The molecule has 10 nitrogen and oxygen atoms in total. The van der Waals surface area contributed by atoms with Crippen LogP contribution in [0.15, 0.2) is 11.1 Å². The molecule has 2 aliphatic heterocycles. The molecule has 4 heterocycles. The van der Waals surface area contributed by atoms with E-state index in [4.69, 9.17) is 25.1 Å². The quantitative estimate of drug-likeness (QED) is 0.326. The Morgan fingerprint density at radius 1 is 1.24 bits per heavy atom. The first kappa shape index (κ1) is 30.2. The van der Waals surface area contributed by atoms with Gasteiger partial charge in [0.1, 0.15) is 12.2 Å². The summed E-state index contributed by atoms with van der Waals surface area (Å²) < 4.78 is 43.4. The largest absolute Gasteiger partial charge is 0.414 e. The number of halogens is 1. The molecule has 1 unspecified atom stereocenters. The van der Waals surface area contributed by atoms with Gasteiger partial charge in [-0.15, -0.1) is 6.42 Å². The molecule has 0 radical (unpaired) electrons. The van der Waals surface area contributed by atoms with Gasteiger partial charge in [0.2, 0.25) is 11.6 Å². The van der Waals surface area contributed by atoms with Gasteiger partial charge in [0.15, 0.2) is 32.0 Å². The topological polar surface area (TPSA) is 113 Å². The Morgan fingerprint density at radius 3 is 2.63 bits per heavy atom. The average molecular weight is 590 g/mol. The number of fused-ring (bicyclic) bond motifs is 1. The molecule has 5 rings (SSSR count). The minimum atomic E-state index is -2.41. The number of aromatic nitrogens is 4. The van der Waals surface area contributed by atoms with E-state index in [-0.39, 0.29) is 28.9 Å². The molecule has 5 atom stereocenters. The van der Waals surface area contributed by atoms with Crippen LogP contribution in [0.2, 0.25) is 18.1 Å². The summed E-state index contributed by atoms with van der Waals surface area (Å²) >= 11 is 0. The maximum Gasteiger partial charge on any atom is 0.280 e. The summed E-state index contributed by atoms with van der Waals surface area (Å²) in [7, 11) is -2.21. The third-order valence-electron chi connectivity index (χ3n) is 9.12. The van der Waals surface area contributed by atoms with Gasteiger partial charge in [-0.05, 0) is 50.2 Å². The fraction of sp³-hybridized carbons (Fsp3) is 0.759. The fourth-order valence-electron chi connectivity index (χ4n) is 5.58. The second kappa shape index (κ2) is 11.8. The van der Waals surface area contributed by atoms with E-state index in [2.05, 4.69) is 60.1 Å². The highest BCUT2D eigenvalue weighted by Gasteiger charge is 2.60. The molecule has 3 aliphatic rings. The van der Waals surface area contributed by atoms with Crippen molar-refractivity contribution >= 4 is 25.4 Å². The Hall–Kier alpha value is -2.30. The number of ether oxygens (including phenoxy) is 3. The number of alkyl halides is 1. The van der Waals surface area contributed by atoms with Crippen molar-refractivity contribution < 1.29 is 23.0 Å². The van der Waals surface area contributed by atoms with Crippen LogP contribution in [0, 0.1) is 12.3 Å². The van der Waals surface area contributed by atoms with Crippen LogP contribution < -0.4 is 10.9 Å². The van der Waals surface area contributed by atoms with Gasteiger partial charge in [-0.3, -0.25) is 14.3 Å². The minimum absolute atomic E-state index is 0.0556. The maximum atomic E-state index is 17.1. The number of hydrogen-bond acceptors (Lipinski definition) is 8. The minimum Gasteiger partial charge on any atom is -0.414 e. The van der Waals surface area contributed by atoms with Gasteiger partial charge in [-0.1, -0.05) is 46.0 Å². The van der Waals surface area contributed by atoms with E-state index in [0.717, 1.165) is 38.5 Å². The Bertz CT molecular complexity index is 1310. The van der Waals surface area contributed by atoms with Crippen LogP contribution in [0.5, 0.6) is 0 Å². The number of nitrogens with zero attached hydrogens (tertiary/aromatic N) is 3. The van der Waals surface area contributed by atoms with E-state index in [1.807, 2.05) is 0 Å². The predicted octanol–water partition coefficient (Wildman–Crippen LogP) is 5.04. The standard InChI is InChI=1S/C29H44FN5O5Si/c1-7-29(30)23(40-21-15-11-12-16-37-21)20(17-38-41(5,6)28(2,3)4)39-26(29)35-18-31-22-24(35)33-27(34-25(22)36)32-19-13-9-8-10-14-19/h1,18-21,23,26H,8-17H2,2-6H3,(H2,32,33,34,36)/t20-,21?,23-,26-,29-/m1/s1. The number of aromatic amines is 1. The molecule has 2 saturated heterocycles. The number of nitrogens with one attached hydrogen (secondary N) is 2. The summed E-state index contributed by atoms with van der Waals surface area (Å²) in [5, 5.41) is 3.28. The zero-order valence-corrected chi connectivity index (χ0v) is 25.9. The average Bonchev–Trinajstić information content (AvgIpc) is 3.47. The van der Waals surface area contributed by atoms with Crippen molar-refractivity contribution in [2.24, 2.45) is 0 Å². The van der Waals surface area contributed by atoms with Gasteiger partial charge in [0.05, 0.1) is 12.9 Å². The molecule has 3 fully saturated rings. The van der Waals surface area contributed by atoms with Gasteiger partial charge < -0.3 is 24.0 Å². The van der Waals surface area contributed by atoms with Gasteiger partial charge in [0.25, 0.3) is 5.56 Å². The van der Waals surface area contributed by atoms with E-state index in [1.165, 1.54) is 17.3 Å². The van der Waals surface area contributed by atoms with Gasteiger partial charge >= 0.3 is 0 Å². The summed E-state index contributed by atoms with van der Waals surface area (Å²) in [4.78, 5) is 24.6. The molecule has 0 aromatic carbocycles. The van der Waals surface area contributed by atoms with E-state index in [1.54, 1.807) is 0 Å². The molecular weight excluding hydrogens is 545 g/mol. The van der Waals surface area contributed by atoms with Crippen LogP contribution in [0.25, 0.3) is 11.2 Å². The van der Waals surface area contributed by atoms with Crippen molar-refractivity contribution in [3.05, 3.63) is 16.7 Å². The zero-order chi connectivity index (χ0) is 29.4. The van der Waals surface area contributed by atoms with Crippen molar-refractivity contribution in [1.29, 1.82) is 0 Å². The molecule has 12 heteroatoms. The molecule has 41 heavy (non-hydrogen) atoms. The second-order valence-corrected chi connectivity index (χ2v) is 17.9. The van der Waals surface area contributed by atoms with Crippen molar-refractivity contribution in [3.8, 4) is 12.3 Å². The zero-order valence-electron chi connectivity index (χ0n) is 24.9. The molecule has 2 aromatic rings. The number of H-pyrrole nitrogens is 1. The van der Waals surface area contributed by atoms with Crippen LogP contribution in [-0.4, -0.2) is 71.3 Å². The van der Waals surface area contributed by atoms with E-state index < -0.39 is 44.3 Å². The number of anilines is 1. The Labute approximate surface area is 242 Å². The second-order valence-electron chi connectivity index (χ2n) is 13.1. The summed E-state index contributed by atoms with van der Waals surface area (Å²) in [6.07, 6.45) is 11.3. The highest BCUT2D eigenvalue weighted by Crippen LogP contribution is 2.46. The SMILES string of the molecule is C#C[C@@]1(F)[C@H](OC2CCCCO2)[C@@H](CO[Si](C)(C)C(C)(C)C)O[C@H]1n1cnc2c(=O)[nH]c(NC3CCCCC3)nc21. The lowest BCUT2D eigenvalue weighted by Crippen LogP contribution is -2.49. The number of hydrogen-bond donors (Lipinski definition) is 2. The first-order valence-corrected chi connectivity index (χ1v) is 17.8. The first-order chi connectivity index (χ1) is 19.4. The summed E-state index contributed by atoms with van der Waals surface area (Å²) in [6, 6.07) is 0.208. The number of terminal acetylenes is 1. The fourth-order valence-corrected chi connectivity index (χ4v) is 6.59. The van der Waals surface area contributed by atoms with Gasteiger partial charge in [0, 0.05) is 12.6 Å². The first-order valence-electron chi connectivity index (χ1n) is 14.9. The summed E-state index contributed by atoms with van der Waals surface area (Å²) in [6.45, 7) is 11.3. The van der Waals surface area contributed by atoms with E-state index >= 15 is 4.39 Å². The molecule has 0 amide bonds. The van der Waals surface area contributed by atoms with Crippen molar-refractivity contribution in [2.45, 2.75) is 127 Å². The van der Waals surface area contributed by atoms with Crippen LogP contribution >= 0.6 is 0 Å².